The molecule has 32 heavy (non-hydrogen) atoms. The number of nitrogens with one attached hydrogen (secondary N) is 2. The van der Waals surface area contributed by atoms with Gasteiger partial charge in [-0.1, -0.05) is 55.3 Å². The van der Waals surface area contributed by atoms with Crippen LogP contribution in [0.15, 0.2) is 59.8 Å². The minimum absolute atomic E-state index is 0.259. The number of hydrogen-bond acceptors (Lipinski definition) is 4. The van der Waals surface area contributed by atoms with Gasteiger partial charge < -0.3 is 20.1 Å². The molecule has 0 saturated carbocycles. The Labute approximate surface area is 190 Å². The first-order valence-corrected chi connectivity index (χ1v) is 11.2. The molecule has 2 aromatic rings. The molecule has 2 aromatic carbocycles. The van der Waals surface area contributed by atoms with Crippen LogP contribution in [-0.2, 0) is 16.1 Å². The van der Waals surface area contributed by atoms with Crippen molar-refractivity contribution < 1.29 is 19.1 Å². The number of benzene rings is 2. The van der Waals surface area contributed by atoms with Gasteiger partial charge in [0.25, 0.3) is 0 Å². The molecule has 6 nitrogen and oxygen atoms in total. The predicted octanol–water partition coefficient (Wildman–Crippen LogP) is 5.32. The lowest BCUT2D eigenvalue weighted by Crippen LogP contribution is -2.46. The molecule has 1 aliphatic rings. The molecule has 0 aromatic heterocycles. The topological polar surface area (TPSA) is 76.7 Å². The fraction of sp³-hybridized carbons (Fsp3) is 0.385. The second kappa shape index (κ2) is 10.8. The highest BCUT2D eigenvalue weighted by molar-refractivity contribution is 5.95. The van der Waals surface area contributed by atoms with Crippen LogP contribution in [-0.4, -0.2) is 18.1 Å². The number of amides is 2. The number of esters is 1. The zero-order valence-electron chi connectivity index (χ0n) is 19.2. The van der Waals surface area contributed by atoms with E-state index in [0.29, 0.717) is 30.0 Å². The summed E-state index contributed by atoms with van der Waals surface area (Å²) in [6.45, 7) is 8.18. The molecule has 0 bridgehead atoms. The maximum absolute atomic E-state index is 13.0. The van der Waals surface area contributed by atoms with Crippen molar-refractivity contribution in [1.29, 1.82) is 0 Å². The summed E-state index contributed by atoms with van der Waals surface area (Å²) < 4.78 is 11.5. The number of hydrogen-bond donors (Lipinski definition) is 2. The van der Waals surface area contributed by atoms with Gasteiger partial charge in [0, 0.05) is 5.70 Å². The van der Waals surface area contributed by atoms with Crippen molar-refractivity contribution in [3.05, 3.63) is 76.5 Å². The van der Waals surface area contributed by atoms with E-state index in [-0.39, 0.29) is 12.1 Å². The minimum Gasteiger partial charge on any atom is -0.489 e. The van der Waals surface area contributed by atoms with Crippen molar-refractivity contribution in [1.82, 2.24) is 10.6 Å². The summed E-state index contributed by atoms with van der Waals surface area (Å²) in [6.07, 6.45) is 2.16. The van der Waals surface area contributed by atoms with Gasteiger partial charge in [0.15, 0.2) is 0 Å². The second-order valence-corrected chi connectivity index (χ2v) is 8.33. The van der Waals surface area contributed by atoms with Gasteiger partial charge in [-0.2, -0.15) is 0 Å². The first-order chi connectivity index (χ1) is 15.4. The summed E-state index contributed by atoms with van der Waals surface area (Å²) in [5, 5.41) is 5.70. The second-order valence-electron chi connectivity index (χ2n) is 8.33. The van der Waals surface area contributed by atoms with Gasteiger partial charge in [-0.25, -0.2) is 9.59 Å². The molecule has 0 spiro atoms. The number of urea groups is 1. The van der Waals surface area contributed by atoms with Crippen LogP contribution in [0.4, 0.5) is 4.79 Å². The van der Waals surface area contributed by atoms with Gasteiger partial charge in [0.2, 0.25) is 0 Å². The highest BCUT2D eigenvalue weighted by Crippen LogP contribution is 2.31. The van der Waals surface area contributed by atoms with Crippen LogP contribution in [0.1, 0.15) is 62.8 Å². The van der Waals surface area contributed by atoms with Crippen LogP contribution in [0.25, 0.3) is 0 Å². The molecule has 0 saturated heterocycles. The van der Waals surface area contributed by atoms with Gasteiger partial charge in [0.05, 0.1) is 17.7 Å². The molecule has 1 heterocycles. The molecule has 1 unspecified atom stereocenters. The summed E-state index contributed by atoms with van der Waals surface area (Å²) in [5.41, 5.74) is 4.11. The fourth-order valence-corrected chi connectivity index (χ4v) is 3.57. The lowest BCUT2D eigenvalue weighted by atomic mass is 9.93. The molecular formula is C26H32N2O4. The number of ether oxygens (including phenoxy) is 2. The Balaban J connectivity index is 1.88. The Morgan fingerprint density at radius 2 is 1.88 bits per heavy atom. The largest absolute Gasteiger partial charge is 0.489 e. The molecule has 3 rings (SSSR count). The molecule has 2 amide bonds. The number of rotatable bonds is 9. The van der Waals surface area contributed by atoms with E-state index in [4.69, 9.17) is 9.47 Å². The number of unbranched alkanes of at least 4 members (excludes halogenated alkanes) is 1. The maximum atomic E-state index is 13.0. The Morgan fingerprint density at radius 3 is 2.56 bits per heavy atom. The van der Waals surface area contributed by atoms with E-state index in [1.807, 2.05) is 57.2 Å². The molecule has 0 aliphatic carbocycles. The Hall–Kier alpha value is -3.28. The first kappa shape index (κ1) is 23.4. The Kier molecular flexibility index (Phi) is 7.92. The van der Waals surface area contributed by atoms with Gasteiger partial charge in [-0.05, 0) is 56.9 Å². The summed E-state index contributed by atoms with van der Waals surface area (Å²) in [4.78, 5) is 25.4. The zero-order chi connectivity index (χ0) is 23.1. The normalized spacial score (nSPS) is 15.9. The highest BCUT2D eigenvalue weighted by atomic mass is 16.5. The molecule has 0 fully saturated rings. The summed E-state index contributed by atoms with van der Waals surface area (Å²) >= 11 is 0. The third kappa shape index (κ3) is 6.13. The number of carbonyl (C=O) groups is 2. The summed E-state index contributed by atoms with van der Waals surface area (Å²) in [6, 6.07) is 14.7. The highest BCUT2D eigenvalue weighted by Gasteiger charge is 2.34. The third-order valence-corrected chi connectivity index (χ3v) is 5.21. The molecule has 1 atom stereocenters. The van der Waals surface area contributed by atoms with Crippen LogP contribution in [0, 0.1) is 6.92 Å². The van der Waals surface area contributed by atoms with E-state index < -0.39 is 12.0 Å². The molecule has 0 radical (unpaired) electrons. The lowest BCUT2D eigenvalue weighted by Gasteiger charge is -2.30. The van der Waals surface area contributed by atoms with E-state index in [1.54, 1.807) is 0 Å². The summed E-state index contributed by atoms with van der Waals surface area (Å²) in [5.74, 6) is 0.247. The quantitative estimate of drug-likeness (QED) is 0.521. The summed E-state index contributed by atoms with van der Waals surface area (Å²) in [7, 11) is 0. The van der Waals surface area contributed by atoms with Gasteiger partial charge in [-0.15, -0.1) is 0 Å². The zero-order valence-corrected chi connectivity index (χ0v) is 19.2. The van der Waals surface area contributed by atoms with Crippen LogP contribution >= 0.6 is 0 Å². The average Bonchev–Trinajstić information content (AvgIpc) is 2.76. The number of allylic oxidation sites excluding steroid dienone is 1. The van der Waals surface area contributed by atoms with Gasteiger partial charge in [-0.3, -0.25) is 0 Å². The van der Waals surface area contributed by atoms with Crippen molar-refractivity contribution in [2.75, 3.05) is 0 Å². The first-order valence-electron chi connectivity index (χ1n) is 11.2. The van der Waals surface area contributed by atoms with E-state index in [9.17, 15) is 9.59 Å². The van der Waals surface area contributed by atoms with E-state index in [0.717, 1.165) is 24.0 Å². The SMILES string of the molecule is CCCCC1=C(C(=O)OC(C)C)C(c2cccc(OCc3ccc(C)cc3)c2)NC(=O)N1. The smallest absolute Gasteiger partial charge is 0.338 e. The minimum atomic E-state index is -0.607. The van der Waals surface area contributed by atoms with Crippen molar-refractivity contribution in [3.63, 3.8) is 0 Å². The average molecular weight is 437 g/mol. The van der Waals surface area contributed by atoms with Crippen molar-refractivity contribution in [3.8, 4) is 5.75 Å². The van der Waals surface area contributed by atoms with Crippen molar-refractivity contribution in [2.24, 2.45) is 0 Å². The van der Waals surface area contributed by atoms with Gasteiger partial charge in [0.1, 0.15) is 12.4 Å². The number of carbonyl (C=O) groups excluding carboxylic acids is 2. The Bertz CT molecular complexity index is 980. The fourth-order valence-electron chi connectivity index (χ4n) is 3.57. The molecule has 170 valence electrons. The molecular weight excluding hydrogens is 404 g/mol. The van der Waals surface area contributed by atoms with E-state index in [2.05, 4.69) is 29.7 Å². The van der Waals surface area contributed by atoms with Gasteiger partial charge >= 0.3 is 12.0 Å². The van der Waals surface area contributed by atoms with Crippen molar-refractivity contribution >= 4 is 12.0 Å². The monoisotopic (exact) mass is 436 g/mol. The van der Waals surface area contributed by atoms with Crippen LogP contribution in [0.2, 0.25) is 0 Å². The van der Waals surface area contributed by atoms with Crippen LogP contribution in [0.3, 0.4) is 0 Å². The van der Waals surface area contributed by atoms with Crippen LogP contribution < -0.4 is 15.4 Å². The third-order valence-electron chi connectivity index (χ3n) is 5.21. The van der Waals surface area contributed by atoms with Crippen LogP contribution in [0.5, 0.6) is 5.75 Å². The van der Waals surface area contributed by atoms with E-state index in [1.165, 1.54) is 5.56 Å². The maximum Gasteiger partial charge on any atom is 0.338 e. The standard InChI is InChI=1S/C26H32N2O4/c1-5-6-10-22-23(25(29)32-17(2)3)24(28-26(30)27-22)20-8-7-9-21(15-20)31-16-19-13-11-18(4)12-14-19/h7-9,11-15,17,24H,5-6,10,16H2,1-4H3,(H2,27,28,30). The molecule has 6 heteroatoms. The molecule has 1 aliphatic heterocycles. The molecule has 2 N–H and O–H groups in total. The van der Waals surface area contributed by atoms with E-state index >= 15 is 0 Å². The predicted molar refractivity (Wildman–Crippen MR) is 124 cm³/mol. The Morgan fingerprint density at radius 1 is 1.12 bits per heavy atom. The lowest BCUT2D eigenvalue weighted by molar-refractivity contribution is -0.143. The van der Waals surface area contributed by atoms with Crippen molar-refractivity contribution in [2.45, 2.75) is 65.7 Å². The number of aryl methyl sites for hydroxylation is 1.